The SMILES string of the molecule is Cc1ccc(N(c2ccc(C)cc2)c2ccc(C=C3c4ccc(C)cc4CCc4cc(C)ccc43)cc2)cc1. The van der Waals surface area contributed by atoms with Crippen LogP contribution >= 0.6 is 0 Å². The van der Waals surface area contributed by atoms with Gasteiger partial charge in [-0.2, -0.15) is 0 Å². The molecular formula is C38H35N. The first kappa shape index (κ1) is 24.9. The molecule has 0 fully saturated rings. The van der Waals surface area contributed by atoms with Crippen LogP contribution in [0.1, 0.15) is 50.1 Å². The quantitative estimate of drug-likeness (QED) is 0.235. The molecule has 6 rings (SSSR count). The van der Waals surface area contributed by atoms with Crippen LogP contribution in [0.15, 0.2) is 109 Å². The lowest BCUT2D eigenvalue weighted by Crippen LogP contribution is -2.09. The molecule has 0 atom stereocenters. The molecule has 0 aliphatic heterocycles. The van der Waals surface area contributed by atoms with Gasteiger partial charge in [-0.25, -0.2) is 0 Å². The van der Waals surface area contributed by atoms with Gasteiger partial charge in [-0.15, -0.1) is 0 Å². The minimum absolute atomic E-state index is 1.08. The van der Waals surface area contributed by atoms with E-state index in [-0.39, 0.29) is 0 Å². The summed E-state index contributed by atoms with van der Waals surface area (Å²) in [7, 11) is 0. The van der Waals surface area contributed by atoms with Gasteiger partial charge in [0.15, 0.2) is 0 Å². The van der Waals surface area contributed by atoms with Gasteiger partial charge in [-0.1, -0.05) is 95.1 Å². The predicted molar refractivity (Wildman–Crippen MR) is 167 cm³/mol. The summed E-state index contributed by atoms with van der Waals surface area (Å²) in [6.07, 6.45) is 4.52. The fraction of sp³-hybridized carbons (Fsp3) is 0.158. The third-order valence-electron chi connectivity index (χ3n) is 7.81. The van der Waals surface area contributed by atoms with Crippen LogP contribution < -0.4 is 4.90 Å². The highest BCUT2D eigenvalue weighted by molar-refractivity contribution is 5.94. The van der Waals surface area contributed by atoms with Gasteiger partial charge in [0.2, 0.25) is 0 Å². The Morgan fingerprint density at radius 1 is 0.462 bits per heavy atom. The Balaban J connectivity index is 1.44. The number of rotatable bonds is 4. The van der Waals surface area contributed by atoms with Crippen molar-refractivity contribution >= 4 is 28.7 Å². The van der Waals surface area contributed by atoms with Crippen LogP contribution in [-0.4, -0.2) is 0 Å². The van der Waals surface area contributed by atoms with Gasteiger partial charge in [0.1, 0.15) is 0 Å². The van der Waals surface area contributed by atoms with Crippen molar-refractivity contribution in [1.82, 2.24) is 0 Å². The van der Waals surface area contributed by atoms with Crippen molar-refractivity contribution in [1.29, 1.82) is 0 Å². The number of fused-ring (bicyclic) bond motifs is 2. The van der Waals surface area contributed by atoms with Crippen LogP contribution in [0.4, 0.5) is 17.1 Å². The summed E-state index contributed by atoms with van der Waals surface area (Å²) < 4.78 is 0. The van der Waals surface area contributed by atoms with Crippen molar-refractivity contribution in [2.24, 2.45) is 0 Å². The summed E-state index contributed by atoms with van der Waals surface area (Å²) >= 11 is 0. The largest absolute Gasteiger partial charge is 0.311 e. The van der Waals surface area contributed by atoms with Crippen molar-refractivity contribution in [3.63, 3.8) is 0 Å². The van der Waals surface area contributed by atoms with Gasteiger partial charge in [-0.05, 0) is 116 Å². The maximum Gasteiger partial charge on any atom is 0.0462 e. The highest BCUT2D eigenvalue weighted by Gasteiger charge is 2.19. The Morgan fingerprint density at radius 3 is 1.28 bits per heavy atom. The summed E-state index contributed by atoms with van der Waals surface area (Å²) in [5, 5.41) is 0. The summed E-state index contributed by atoms with van der Waals surface area (Å²) in [6, 6.07) is 40.4. The summed E-state index contributed by atoms with van der Waals surface area (Å²) in [5.41, 5.74) is 16.8. The molecule has 0 radical (unpaired) electrons. The van der Waals surface area contributed by atoms with Crippen molar-refractivity contribution < 1.29 is 0 Å². The van der Waals surface area contributed by atoms with Gasteiger partial charge in [0.05, 0.1) is 0 Å². The van der Waals surface area contributed by atoms with E-state index in [1.807, 2.05) is 0 Å². The molecule has 5 aromatic rings. The number of benzene rings is 5. The van der Waals surface area contributed by atoms with Crippen LogP contribution in [0.5, 0.6) is 0 Å². The molecule has 1 aliphatic carbocycles. The Labute approximate surface area is 233 Å². The fourth-order valence-corrected chi connectivity index (χ4v) is 5.68. The normalized spacial score (nSPS) is 12.4. The van der Waals surface area contributed by atoms with Crippen LogP contribution in [0.25, 0.3) is 11.6 Å². The lowest BCUT2D eigenvalue weighted by Gasteiger charge is -2.26. The van der Waals surface area contributed by atoms with Gasteiger partial charge in [0, 0.05) is 17.1 Å². The Morgan fingerprint density at radius 2 is 0.846 bits per heavy atom. The Hall–Kier alpha value is -4.36. The standard InChI is InChI=1S/C38H35N/c1-26-5-15-33(16-6-26)39(34-17-7-27(2)8-18-34)35-19-11-30(12-20-35)25-38-36-21-9-28(3)23-31(36)13-14-32-24-29(4)10-22-37(32)38/h5-12,15-25H,13-14H2,1-4H3. The summed E-state index contributed by atoms with van der Waals surface area (Å²) in [6.45, 7) is 8.65. The zero-order valence-corrected chi connectivity index (χ0v) is 23.3. The van der Waals surface area contributed by atoms with E-state index in [0.29, 0.717) is 0 Å². The van der Waals surface area contributed by atoms with E-state index in [1.165, 1.54) is 55.6 Å². The highest BCUT2D eigenvalue weighted by atomic mass is 15.1. The lowest BCUT2D eigenvalue weighted by atomic mass is 9.91. The van der Waals surface area contributed by atoms with Gasteiger partial charge in [0.25, 0.3) is 0 Å². The zero-order chi connectivity index (χ0) is 26.9. The average molecular weight is 506 g/mol. The molecule has 1 aliphatic rings. The number of anilines is 3. The molecule has 192 valence electrons. The Bertz CT molecular complexity index is 1550. The number of aryl methyl sites for hydroxylation is 6. The summed E-state index contributed by atoms with van der Waals surface area (Å²) in [4.78, 5) is 2.33. The van der Waals surface area contributed by atoms with Crippen molar-refractivity contribution in [3.05, 3.63) is 159 Å². The van der Waals surface area contributed by atoms with E-state index >= 15 is 0 Å². The molecule has 0 saturated heterocycles. The van der Waals surface area contributed by atoms with Crippen molar-refractivity contribution in [2.75, 3.05) is 4.90 Å². The molecule has 0 N–H and O–H groups in total. The van der Waals surface area contributed by atoms with E-state index in [0.717, 1.165) is 29.9 Å². The molecule has 5 aromatic carbocycles. The molecular weight excluding hydrogens is 470 g/mol. The van der Waals surface area contributed by atoms with Crippen molar-refractivity contribution in [3.8, 4) is 0 Å². The second-order valence-electron chi connectivity index (χ2n) is 11.0. The minimum atomic E-state index is 1.08. The molecule has 1 nitrogen and oxygen atoms in total. The van der Waals surface area contributed by atoms with E-state index in [9.17, 15) is 0 Å². The number of hydrogen-bond donors (Lipinski definition) is 0. The third-order valence-corrected chi connectivity index (χ3v) is 7.81. The minimum Gasteiger partial charge on any atom is -0.311 e. The molecule has 39 heavy (non-hydrogen) atoms. The fourth-order valence-electron chi connectivity index (χ4n) is 5.68. The lowest BCUT2D eigenvalue weighted by molar-refractivity contribution is 0.961. The zero-order valence-electron chi connectivity index (χ0n) is 23.3. The molecule has 0 saturated carbocycles. The van der Waals surface area contributed by atoms with Gasteiger partial charge < -0.3 is 4.90 Å². The summed E-state index contributed by atoms with van der Waals surface area (Å²) in [5.74, 6) is 0. The van der Waals surface area contributed by atoms with E-state index in [2.05, 4.69) is 148 Å². The molecule has 0 heterocycles. The van der Waals surface area contributed by atoms with Gasteiger partial charge >= 0.3 is 0 Å². The van der Waals surface area contributed by atoms with Crippen molar-refractivity contribution in [2.45, 2.75) is 40.5 Å². The molecule has 0 aromatic heterocycles. The van der Waals surface area contributed by atoms with Crippen LogP contribution in [0.2, 0.25) is 0 Å². The first-order valence-corrected chi connectivity index (χ1v) is 13.9. The van der Waals surface area contributed by atoms with E-state index in [4.69, 9.17) is 0 Å². The monoisotopic (exact) mass is 505 g/mol. The van der Waals surface area contributed by atoms with E-state index < -0.39 is 0 Å². The first-order chi connectivity index (χ1) is 18.9. The number of nitrogens with zero attached hydrogens (tertiary/aromatic N) is 1. The van der Waals surface area contributed by atoms with Gasteiger partial charge in [-0.3, -0.25) is 0 Å². The first-order valence-electron chi connectivity index (χ1n) is 13.9. The second-order valence-corrected chi connectivity index (χ2v) is 11.0. The molecule has 0 amide bonds. The molecule has 0 spiro atoms. The topological polar surface area (TPSA) is 3.24 Å². The van der Waals surface area contributed by atoms with E-state index in [1.54, 1.807) is 0 Å². The average Bonchev–Trinajstić information content (AvgIpc) is 3.08. The number of hydrogen-bond acceptors (Lipinski definition) is 1. The maximum atomic E-state index is 2.37. The molecule has 0 unspecified atom stereocenters. The maximum absolute atomic E-state index is 2.37. The second kappa shape index (κ2) is 10.4. The third kappa shape index (κ3) is 5.18. The highest BCUT2D eigenvalue weighted by Crippen LogP contribution is 2.38. The molecule has 0 bridgehead atoms. The smallest absolute Gasteiger partial charge is 0.0462 e. The Kier molecular flexibility index (Phi) is 6.67. The van der Waals surface area contributed by atoms with Crippen LogP contribution in [0, 0.1) is 27.7 Å². The predicted octanol–water partition coefficient (Wildman–Crippen LogP) is 10.1. The van der Waals surface area contributed by atoms with Crippen LogP contribution in [0.3, 0.4) is 0 Å². The van der Waals surface area contributed by atoms with Crippen LogP contribution in [-0.2, 0) is 12.8 Å². The molecule has 1 heteroatoms.